The van der Waals surface area contributed by atoms with Crippen LogP contribution in [0.3, 0.4) is 0 Å². The molecule has 1 heterocycles. The summed E-state index contributed by atoms with van der Waals surface area (Å²) in [5.41, 5.74) is -0.150. The number of amides is 6. The minimum absolute atomic E-state index is 0.143. The third kappa shape index (κ3) is 10.6. The lowest BCUT2D eigenvalue weighted by molar-refractivity contribution is -0.138. The van der Waals surface area contributed by atoms with E-state index in [1.54, 1.807) is 6.92 Å². The van der Waals surface area contributed by atoms with Crippen molar-refractivity contribution >= 4 is 35.6 Å². The molecular weight excluding hydrogens is 518 g/mol. The Bertz CT molecular complexity index is 962. The van der Waals surface area contributed by atoms with Crippen LogP contribution >= 0.6 is 0 Å². The molecule has 40 heavy (non-hydrogen) atoms. The zero-order valence-electron chi connectivity index (χ0n) is 24.5. The SMILES string of the molecule is CC(C)C(NC(=O)C1CCC(CN2C(=O)C=CC2=O)CC1)C(=O)N[C@@H](C)C(=O)NCCNC(=O)OCC(C)(C)C. The van der Waals surface area contributed by atoms with Crippen molar-refractivity contribution in [2.24, 2.45) is 23.2 Å². The molecule has 0 bridgehead atoms. The van der Waals surface area contributed by atoms with Gasteiger partial charge in [0.2, 0.25) is 17.7 Å². The van der Waals surface area contributed by atoms with Gasteiger partial charge in [-0.25, -0.2) is 4.79 Å². The smallest absolute Gasteiger partial charge is 0.407 e. The standard InChI is InChI=1S/C28H45N5O7/c1-17(2)23(26(38)31-18(3)24(36)29-13-14-30-27(39)40-16-28(4,5)6)32-25(37)20-9-7-19(8-10-20)15-33-21(34)11-12-22(33)35/h11-12,17-20,23H,7-10,13-16H2,1-6H3,(H,29,36)(H,30,39)(H,31,38)(H,32,37)/t18-,19?,20?,23?/m0/s1. The molecule has 0 aromatic carbocycles. The van der Waals surface area contributed by atoms with E-state index in [1.807, 2.05) is 34.6 Å². The van der Waals surface area contributed by atoms with Crippen LogP contribution < -0.4 is 21.3 Å². The Kier molecular flexibility index (Phi) is 12.1. The highest BCUT2D eigenvalue weighted by Crippen LogP contribution is 2.30. The van der Waals surface area contributed by atoms with E-state index in [9.17, 15) is 28.8 Å². The molecule has 12 heteroatoms. The largest absolute Gasteiger partial charge is 0.449 e. The van der Waals surface area contributed by atoms with Crippen LogP contribution in [0, 0.1) is 23.2 Å². The van der Waals surface area contributed by atoms with E-state index >= 15 is 0 Å². The maximum atomic E-state index is 13.0. The molecule has 1 unspecified atom stereocenters. The quantitative estimate of drug-likeness (QED) is 0.205. The lowest BCUT2D eigenvalue weighted by atomic mass is 9.81. The van der Waals surface area contributed by atoms with Crippen LogP contribution in [-0.4, -0.2) is 78.9 Å². The van der Waals surface area contributed by atoms with Gasteiger partial charge in [-0.1, -0.05) is 34.6 Å². The number of alkyl carbamates (subject to hydrolysis) is 1. The normalized spacial score (nSPS) is 20.6. The van der Waals surface area contributed by atoms with Gasteiger partial charge in [0, 0.05) is 37.7 Å². The number of hydrogen-bond donors (Lipinski definition) is 4. The maximum absolute atomic E-state index is 13.0. The van der Waals surface area contributed by atoms with Gasteiger partial charge in [0.25, 0.3) is 11.8 Å². The first kappa shape index (κ1) is 32.8. The molecule has 1 fully saturated rings. The first-order chi connectivity index (χ1) is 18.7. The fourth-order valence-electron chi connectivity index (χ4n) is 4.49. The van der Waals surface area contributed by atoms with E-state index < -0.39 is 30.0 Å². The molecular formula is C28H45N5O7. The van der Waals surface area contributed by atoms with Gasteiger partial charge < -0.3 is 26.0 Å². The van der Waals surface area contributed by atoms with Gasteiger partial charge in [0.15, 0.2) is 0 Å². The zero-order valence-corrected chi connectivity index (χ0v) is 24.5. The minimum Gasteiger partial charge on any atom is -0.449 e. The van der Waals surface area contributed by atoms with Crippen LogP contribution in [0.4, 0.5) is 4.79 Å². The predicted octanol–water partition coefficient (Wildman–Crippen LogP) is 1.25. The molecule has 4 N–H and O–H groups in total. The molecule has 1 aliphatic carbocycles. The fourth-order valence-corrected chi connectivity index (χ4v) is 4.49. The van der Waals surface area contributed by atoms with Crippen molar-refractivity contribution in [1.82, 2.24) is 26.2 Å². The summed E-state index contributed by atoms with van der Waals surface area (Å²) in [6, 6.07) is -1.66. The summed E-state index contributed by atoms with van der Waals surface area (Å²) in [7, 11) is 0. The van der Waals surface area contributed by atoms with E-state index in [-0.39, 0.29) is 60.6 Å². The lowest BCUT2D eigenvalue weighted by Crippen LogP contribution is -2.55. The van der Waals surface area contributed by atoms with Gasteiger partial charge in [-0.05, 0) is 49.9 Å². The number of nitrogens with one attached hydrogen (secondary N) is 4. The maximum Gasteiger partial charge on any atom is 0.407 e. The topological polar surface area (TPSA) is 163 Å². The number of nitrogens with zero attached hydrogens (tertiary/aromatic N) is 1. The highest BCUT2D eigenvalue weighted by atomic mass is 16.5. The summed E-state index contributed by atoms with van der Waals surface area (Å²) >= 11 is 0. The molecule has 2 aliphatic rings. The van der Waals surface area contributed by atoms with Crippen LogP contribution in [-0.2, 0) is 28.7 Å². The molecule has 0 aromatic heterocycles. The Labute approximate surface area is 236 Å². The summed E-state index contributed by atoms with van der Waals surface area (Å²) in [6.07, 6.45) is 4.58. The van der Waals surface area contributed by atoms with Gasteiger partial charge in [-0.3, -0.25) is 28.9 Å². The van der Waals surface area contributed by atoms with E-state index in [1.165, 1.54) is 17.1 Å². The second-order valence-corrected chi connectivity index (χ2v) is 12.2. The van der Waals surface area contributed by atoms with Crippen LogP contribution in [0.15, 0.2) is 12.2 Å². The summed E-state index contributed by atoms with van der Waals surface area (Å²) < 4.78 is 5.09. The average Bonchev–Trinajstić information content (AvgIpc) is 3.20. The van der Waals surface area contributed by atoms with Crippen molar-refractivity contribution in [3.63, 3.8) is 0 Å². The van der Waals surface area contributed by atoms with E-state index in [4.69, 9.17) is 4.74 Å². The zero-order chi connectivity index (χ0) is 30.0. The van der Waals surface area contributed by atoms with Crippen molar-refractivity contribution in [1.29, 1.82) is 0 Å². The summed E-state index contributed by atoms with van der Waals surface area (Å²) in [4.78, 5) is 74.9. The molecule has 1 aliphatic heterocycles. The fraction of sp³-hybridized carbons (Fsp3) is 0.714. The number of ether oxygens (including phenoxy) is 1. The lowest BCUT2D eigenvalue weighted by Gasteiger charge is -2.31. The number of imide groups is 1. The molecule has 12 nitrogen and oxygen atoms in total. The molecule has 224 valence electrons. The third-order valence-electron chi connectivity index (χ3n) is 6.89. The molecule has 6 amide bonds. The second kappa shape index (κ2) is 14.8. The Hall–Kier alpha value is -3.44. The molecule has 2 atom stereocenters. The van der Waals surface area contributed by atoms with Crippen LogP contribution in [0.25, 0.3) is 0 Å². The second-order valence-electron chi connectivity index (χ2n) is 12.2. The molecule has 0 radical (unpaired) electrons. The first-order valence-electron chi connectivity index (χ1n) is 14.0. The number of carbonyl (C=O) groups excluding carboxylic acids is 6. The highest BCUT2D eigenvalue weighted by Gasteiger charge is 2.34. The van der Waals surface area contributed by atoms with E-state index in [0.29, 0.717) is 32.2 Å². The van der Waals surface area contributed by atoms with Crippen molar-refractivity contribution in [2.75, 3.05) is 26.2 Å². The highest BCUT2D eigenvalue weighted by molar-refractivity contribution is 6.12. The monoisotopic (exact) mass is 563 g/mol. The molecule has 2 rings (SSSR count). The Balaban J connectivity index is 1.74. The van der Waals surface area contributed by atoms with Crippen molar-refractivity contribution in [3.8, 4) is 0 Å². The predicted molar refractivity (Wildman–Crippen MR) is 147 cm³/mol. The van der Waals surface area contributed by atoms with Gasteiger partial charge in [-0.2, -0.15) is 0 Å². The molecule has 0 aromatic rings. The Morgan fingerprint density at radius 3 is 2.02 bits per heavy atom. The van der Waals surface area contributed by atoms with Crippen molar-refractivity contribution in [3.05, 3.63) is 12.2 Å². The molecule has 0 saturated heterocycles. The van der Waals surface area contributed by atoms with Gasteiger partial charge in [0.1, 0.15) is 12.1 Å². The number of hydrogen-bond acceptors (Lipinski definition) is 7. The van der Waals surface area contributed by atoms with E-state index in [0.717, 1.165) is 0 Å². The van der Waals surface area contributed by atoms with Gasteiger partial charge in [0.05, 0.1) is 6.61 Å². The van der Waals surface area contributed by atoms with Crippen LogP contribution in [0.5, 0.6) is 0 Å². The average molecular weight is 564 g/mol. The molecule has 1 saturated carbocycles. The number of rotatable bonds is 12. The van der Waals surface area contributed by atoms with Crippen molar-refractivity contribution in [2.45, 2.75) is 79.3 Å². The van der Waals surface area contributed by atoms with Crippen LogP contribution in [0.1, 0.15) is 67.2 Å². The van der Waals surface area contributed by atoms with E-state index in [2.05, 4.69) is 21.3 Å². The third-order valence-corrected chi connectivity index (χ3v) is 6.89. The van der Waals surface area contributed by atoms with Crippen LogP contribution in [0.2, 0.25) is 0 Å². The Morgan fingerprint density at radius 2 is 1.48 bits per heavy atom. The summed E-state index contributed by atoms with van der Waals surface area (Å²) in [5, 5.41) is 10.7. The molecule has 0 spiro atoms. The minimum atomic E-state index is -0.848. The summed E-state index contributed by atoms with van der Waals surface area (Å²) in [6.45, 7) is 12.0. The van der Waals surface area contributed by atoms with Gasteiger partial charge in [-0.15, -0.1) is 0 Å². The number of carbonyl (C=O) groups is 6. The van der Waals surface area contributed by atoms with Gasteiger partial charge >= 0.3 is 6.09 Å². The Morgan fingerprint density at radius 1 is 0.900 bits per heavy atom. The summed E-state index contributed by atoms with van der Waals surface area (Å²) in [5.74, 6) is -2.03. The van der Waals surface area contributed by atoms with Crippen molar-refractivity contribution < 1.29 is 33.5 Å². The first-order valence-corrected chi connectivity index (χ1v) is 14.0.